The van der Waals surface area contributed by atoms with Gasteiger partial charge in [-0.3, -0.25) is 4.79 Å². The summed E-state index contributed by atoms with van der Waals surface area (Å²) in [5, 5.41) is 4.60. The number of para-hydroxylation sites is 1. The molecule has 4 rings (SSSR count). The molecule has 1 amide bonds. The average Bonchev–Trinajstić information content (AvgIpc) is 3.21. The van der Waals surface area contributed by atoms with Gasteiger partial charge >= 0.3 is 0 Å². The molecule has 2 aromatic carbocycles. The van der Waals surface area contributed by atoms with E-state index < -0.39 is 0 Å². The number of amides is 1. The zero-order valence-electron chi connectivity index (χ0n) is 16.1. The topological polar surface area (TPSA) is 41.6 Å². The maximum atomic E-state index is 12.7. The highest BCUT2D eigenvalue weighted by Crippen LogP contribution is 2.43. The molecule has 1 aliphatic rings. The molecule has 0 unspecified atom stereocenters. The number of hydrogen-bond acceptors (Lipinski definition) is 5. The summed E-state index contributed by atoms with van der Waals surface area (Å²) in [6.45, 7) is 3.58. The number of ether oxygens (including phenoxy) is 1. The summed E-state index contributed by atoms with van der Waals surface area (Å²) in [6, 6.07) is 18.2. The molecule has 0 fully saturated rings. The normalized spacial score (nSPS) is 15.7. The monoisotopic (exact) mass is 488 g/mol. The predicted molar refractivity (Wildman–Crippen MR) is 125 cm³/mol. The third-order valence-corrected chi connectivity index (χ3v) is 7.44. The van der Waals surface area contributed by atoms with Crippen LogP contribution in [0.1, 0.15) is 22.2 Å². The van der Waals surface area contributed by atoms with Gasteiger partial charge in [-0.25, -0.2) is 0 Å². The van der Waals surface area contributed by atoms with Gasteiger partial charge in [-0.2, -0.15) is 0 Å². The van der Waals surface area contributed by atoms with Gasteiger partial charge in [0, 0.05) is 33.3 Å². The first-order chi connectivity index (χ1) is 14.0. The predicted octanol–water partition coefficient (Wildman–Crippen LogP) is 6.08. The number of thiophene rings is 1. The number of thioether (sulfide) groups is 1. The second-order valence-electron chi connectivity index (χ2n) is 6.78. The summed E-state index contributed by atoms with van der Waals surface area (Å²) < 4.78 is 6.34. The van der Waals surface area contributed by atoms with Crippen molar-refractivity contribution in [3.8, 4) is 5.75 Å². The molecule has 0 spiro atoms. The molecule has 1 aromatic heterocycles. The summed E-state index contributed by atoms with van der Waals surface area (Å²) in [6.07, 6.45) is 0. The summed E-state index contributed by atoms with van der Waals surface area (Å²) >= 11 is 6.90. The fraction of sp³-hybridized carbons (Fsp3) is 0.227. The highest BCUT2D eigenvalue weighted by atomic mass is 79.9. The van der Waals surface area contributed by atoms with E-state index in [1.54, 1.807) is 7.11 Å². The third-order valence-electron chi connectivity index (χ3n) is 4.69. The van der Waals surface area contributed by atoms with E-state index in [2.05, 4.69) is 57.3 Å². The first-order valence-corrected chi connectivity index (χ1v) is 11.8. The Kier molecular flexibility index (Phi) is 6.18. The van der Waals surface area contributed by atoms with Gasteiger partial charge in [0.25, 0.3) is 5.91 Å². The molecule has 7 heteroatoms. The molecule has 150 valence electrons. The maximum Gasteiger partial charge on any atom is 0.261 e. The molecule has 2 heterocycles. The van der Waals surface area contributed by atoms with Gasteiger partial charge in [0.1, 0.15) is 5.75 Å². The number of halogens is 1. The molecule has 1 aliphatic heterocycles. The van der Waals surface area contributed by atoms with Crippen molar-refractivity contribution >= 4 is 55.6 Å². The minimum absolute atomic E-state index is 0.0732. The van der Waals surface area contributed by atoms with E-state index in [9.17, 15) is 4.79 Å². The smallest absolute Gasteiger partial charge is 0.261 e. The Hall–Kier alpha value is -1.96. The SMILES string of the molecule is COc1ccc(Br)cc1CNC(=O)c1ccc(N2C[C@H](C)Sc3ccccc32)s1. The summed E-state index contributed by atoms with van der Waals surface area (Å²) in [5.41, 5.74) is 2.14. The van der Waals surface area contributed by atoms with Gasteiger partial charge in [-0.15, -0.1) is 23.1 Å². The fourth-order valence-corrected chi connectivity index (χ4v) is 5.81. The van der Waals surface area contributed by atoms with Crippen LogP contribution in [0.3, 0.4) is 0 Å². The summed E-state index contributed by atoms with van der Waals surface area (Å²) in [5.74, 6) is 0.688. The number of anilines is 2. The first kappa shape index (κ1) is 20.3. The van der Waals surface area contributed by atoms with Gasteiger partial charge in [0.15, 0.2) is 0 Å². The van der Waals surface area contributed by atoms with E-state index in [0.29, 0.717) is 16.7 Å². The van der Waals surface area contributed by atoms with Crippen LogP contribution in [0.15, 0.2) is 64.0 Å². The highest BCUT2D eigenvalue weighted by Gasteiger charge is 2.24. The molecule has 0 saturated carbocycles. The van der Waals surface area contributed by atoms with Crippen LogP contribution in [0.5, 0.6) is 5.75 Å². The Balaban J connectivity index is 1.50. The van der Waals surface area contributed by atoms with Gasteiger partial charge in [-0.1, -0.05) is 35.0 Å². The molecule has 4 nitrogen and oxygen atoms in total. The van der Waals surface area contributed by atoms with E-state index in [1.165, 1.54) is 21.9 Å². The van der Waals surface area contributed by atoms with Crippen LogP contribution in [-0.4, -0.2) is 24.8 Å². The van der Waals surface area contributed by atoms with E-state index in [1.807, 2.05) is 42.1 Å². The second-order valence-corrected chi connectivity index (χ2v) is 10.2. The van der Waals surface area contributed by atoms with Crippen molar-refractivity contribution in [2.45, 2.75) is 23.6 Å². The van der Waals surface area contributed by atoms with E-state index >= 15 is 0 Å². The third kappa shape index (κ3) is 4.47. The van der Waals surface area contributed by atoms with E-state index in [-0.39, 0.29) is 5.91 Å². The molecule has 29 heavy (non-hydrogen) atoms. The molecule has 3 aromatic rings. The van der Waals surface area contributed by atoms with Crippen LogP contribution in [0.25, 0.3) is 0 Å². The number of carbonyl (C=O) groups is 1. The van der Waals surface area contributed by atoms with Crippen LogP contribution < -0.4 is 15.0 Å². The zero-order valence-corrected chi connectivity index (χ0v) is 19.4. The van der Waals surface area contributed by atoms with E-state index in [4.69, 9.17) is 4.74 Å². The number of nitrogens with zero attached hydrogens (tertiary/aromatic N) is 1. The zero-order chi connectivity index (χ0) is 20.4. The van der Waals surface area contributed by atoms with Crippen LogP contribution in [0, 0.1) is 0 Å². The standard InChI is InChI=1S/C22H21BrN2O2S2/c1-14-13-25(17-5-3-4-6-19(17)28-14)21-10-9-20(29-21)22(26)24-12-15-11-16(23)7-8-18(15)27-2/h3-11,14H,12-13H2,1-2H3,(H,24,26)/t14-/m0/s1. The van der Waals surface area contributed by atoms with Crippen molar-refractivity contribution < 1.29 is 9.53 Å². The molecular weight excluding hydrogens is 468 g/mol. The van der Waals surface area contributed by atoms with Gasteiger partial charge in [0.05, 0.1) is 22.7 Å². The second kappa shape index (κ2) is 8.81. The van der Waals surface area contributed by atoms with Crippen molar-refractivity contribution in [3.05, 3.63) is 69.5 Å². The number of fused-ring (bicyclic) bond motifs is 1. The first-order valence-electron chi connectivity index (χ1n) is 9.29. The van der Waals surface area contributed by atoms with Gasteiger partial charge in [-0.05, 0) is 42.5 Å². The maximum absolute atomic E-state index is 12.7. The lowest BCUT2D eigenvalue weighted by atomic mass is 10.2. The highest BCUT2D eigenvalue weighted by molar-refractivity contribution is 9.10. The average molecular weight is 489 g/mol. The number of methoxy groups -OCH3 is 1. The lowest BCUT2D eigenvalue weighted by Gasteiger charge is -2.33. The van der Waals surface area contributed by atoms with E-state index in [0.717, 1.165) is 27.3 Å². The Morgan fingerprint density at radius 1 is 1.24 bits per heavy atom. The molecule has 1 N–H and O–H groups in total. The molecular formula is C22H21BrN2O2S2. The molecule has 0 saturated heterocycles. The minimum Gasteiger partial charge on any atom is -0.496 e. The van der Waals surface area contributed by atoms with Crippen LogP contribution >= 0.6 is 39.0 Å². The van der Waals surface area contributed by atoms with Crippen molar-refractivity contribution in [1.29, 1.82) is 0 Å². The number of hydrogen-bond donors (Lipinski definition) is 1. The number of nitrogens with one attached hydrogen (secondary N) is 1. The van der Waals surface area contributed by atoms with Gasteiger partial charge in [0.2, 0.25) is 0 Å². The Labute approximate surface area is 187 Å². The molecule has 0 bridgehead atoms. The Bertz CT molecular complexity index is 1040. The molecule has 0 aliphatic carbocycles. The Morgan fingerprint density at radius 2 is 2.07 bits per heavy atom. The molecule has 1 atom stereocenters. The van der Waals surface area contributed by atoms with Crippen LogP contribution in [0.2, 0.25) is 0 Å². The summed E-state index contributed by atoms with van der Waals surface area (Å²) in [4.78, 5) is 17.0. The van der Waals surface area contributed by atoms with Crippen molar-refractivity contribution in [1.82, 2.24) is 5.32 Å². The largest absolute Gasteiger partial charge is 0.496 e. The Morgan fingerprint density at radius 3 is 2.90 bits per heavy atom. The van der Waals surface area contributed by atoms with Crippen LogP contribution in [-0.2, 0) is 6.54 Å². The lowest BCUT2D eigenvalue weighted by molar-refractivity contribution is 0.0954. The van der Waals surface area contributed by atoms with Crippen molar-refractivity contribution in [2.75, 3.05) is 18.6 Å². The number of carbonyl (C=O) groups excluding carboxylic acids is 1. The minimum atomic E-state index is -0.0732. The molecule has 0 radical (unpaired) electrons. The fourth-order valence-electron chi connectivity index (χ4n) is 3.34. The van der Waals surface area contributed by atoms with Crippen molar-refractivity contribution in [3.63, 3.8) is 0 Å². The number of benzene rings is 2. The number of rotatable bonds is 5. The summed E-state index contributed by atoms with van der Waals surface area (Å²) in [7, 11) is 1.63. The van der Waals surface area contributed by atoms with Crippen LogP contribution in [0.4, 0.5) is 10.7 Å². The lowest BCUT2D eigenvalue weighted by Crippen LogP contribution is -2.28. The van der Waals surface area contributed by atoms with Gasteiger partial charge < -0.3 is 15.0 Å². The van der Waals surface area contributed by atoms with Crippen molar-refractivity contribution in [2.24, 2.45) is 0 Å². The quantitative estimate of drug-likeness (QED) is 0.472.